The van der Waals surface area contributed by atoms with Crippen molar-refractivity contribution in [3.63, 3.8) is 0 Å². The molecule has 0 aliphatic carbocycles. The summed E-state index contributed by atoms with van der Waals surface area (Å²) in [6.07, 6.45) is 0.974. The lowest BCUT2D eigenvalue weighted by Gasteiger charge is -2.24. The summed E-state index contributed by atoms with van der Waals surface area (Å²) in [5.74, 6) is 0.00323. The Morgan fingerprint density at radius 1 is 1.25 bits per heavy atom. The molecule has 1 rings (SSSR count). The average molecular weight is 282 g/mol. The molecule has 4 heteroatoms. The van der Waals surface area contributed by atoms with Crippen LogP contribution in [0.25, 0.3) is 0 Å². The van der Waals surface area contributed by atoms with Crippen molar-refractivity contribution in [2.24, 2.45) is 0 Å². The van der Waals surface area contributed by atoms with Crippen molar-refractivity contribution in [3.8, 4) is 5.75 Å². The molecule has 0 aromatic heterocycles. The van der Waals surface area contributed by atoms with E-state index in [1.165, 1.54) is 7.11 Å². The number of rotatable bonds is 9. The Morgan fingerprint density at radius 2 is 1.95 bits per heavy atom. The van der Waals surface area contributed by atoms with E-state index in [2.05, 4.69) is 31.0 Å². The normalized spacial score (nSPS) is 12.7. The average Bonchev–Trinajstić information content (AvgIpc) is 2.47. The van der Waals surface area contributed by atoms with E-state index in [1.54, 1.807) is 12.1 Å². The molecule has 1 atom stereocenters. The zero-order valence-corrected chi connectivity index (χ0v) is 13.1. The molecule has 0 amide bonds. The second kappa shape index (κ2) is 8.93. The topological polar surface area (TPSA) is 24.5 Å². The molecular formula is C16H27FN2O. The second-order valence-corrected chi connectivity index (χ2v) is 4.82. The van der Waals surface area contributed by atoms with Gasteiger partial charge in [-0.15, -0.1) is 0 Å². The zero-order valence-electron chi connectivity index (χ0n) is 13.1. The molecule has 0 heterocycles. The van der Waals surface area contributed by atoms with Crippen LogP contribution in [-0.2, 0) is 0 Å². The molecule has 0 spiro atoms. The van der Waals surface area contributed by atoms with Crippen LogP contribution in [0.1, 0.15) is 38.8 Å². The van der Waals surface area contributed by atoms with E-state index in [0.717, 1.165) is 38.2 Å². The van der Waals surface area contributed by atoms with Crippen molar-refractivity contribution in [2.45, 2.75) is 33.2 Å². The second-order valence-electron chi connectivity index (χ2n) is 4.82. The summed E-state index contributed by atoms with van der Waals surface area (Å²) in [5.41, 5.74) is 0.984. The van der Waals surface area contributed by atoms with Gasteiger partial charge < -0.3 is 15.0 Å². The number of benzene rings is 1. The molecule has 1 unspecified atom stereocenters. The highest BCUT2D eigenvalue weighted by Crippen LogP contribution is 2.23. The third-order valence-electron chi connectivity index (χ3n) is 3.66. The van der Waals surface area contributed by atoms with Crippen LogP contribution in [0.2, 0.25) is 0 Å². The Hall–Kier alpha value is -1.13. The third kappa shape index (κ3) is 4.76. The van der Waals surface area contributed by atoms with E-state index >= 15 is 0 Å². The maximum absolute atomic E-state index is 13.8. The Morgan fingerprint density at radius 3 is 2.45 bits per heavy atom. The first-order chi connectivity index (χ1) is 9.65. The van der Waals surface area contributed by atoms with Gasteiger partial charge in [0, 0.05) is 6.04 Å². The Bertz CT molecular complexity index is 394. The summed E-state index contributed by atoms with van der Waals surface area (Å²) in [4.78, 5) is 2.38. The number of hydrogen-bond acceptors (Lipinski definition) is 3. The van der Waals surface area contributed by atoms with Crippen molar-refractivity contribution in [1.29, 1.82) is 0 Å². The molecule has 1 aromatic rings. The SMILES string of the molecule is CCNC(CCN(CC)CC)c1ccc(OC)c(F)c1. The molecular weight excluding hydrogens is 255 g/mol. The van der Waals surface area contributed by atoms with Crippen molar-refractivity contribution in [3.05, 3.63) is 29.6 Å². The van der Waals surface area contributed by atoms with Crippen LogP contribution in [0.4, 0.5) is 4.39 Å². The summed E-state index contributed by atoms with van der Waals surface area (Å²) in [5, 5.41) is 3.43. The van der Waals surface area contributed by atoms with Gasteiger partial charge in [0.2, 0.25) is 0 Å². The van der Waals surface area contributed by atoms with Gasteiger partial charge in [0.25, 0.3) is 0 Å². The van der Waals surface area contributed by atoms with E-state index in [1.807, 2.05) is 6.07 Å². The molecule has 1 N–H and O–H groups in total. The Labute approximate surface area is 122 Å². The number of hydrogen-bond donors (Lipinski definition) is 1. The minimum atomic E-state index is -0.296. The molecule has 114 valence electrons. The molecule has 1 aromatic carbocycles. The standard InChI is InChI=1S/C16H27FN2O/c1-5-18-15(10-11-19(6-2)7-3)13-8-9-16(20-4)14(17)12-13/h8-9,12,15,18H,5-7,10-11H2,1-4H3. The molecule has 0 bridgehead atoms. The highest BCUT2D eigenvalue weighted by atomic mass is 19.1. The van der Waals surface area contributed by atoms with E-state index < -0.39 is 0 Å². The maximum atomic E-state index is 13.8. The van der Waals surface area contributed by atoms with E-state index in [-0.39, 0.29) is 11.9 Å². The number of nitrogens with zero attached hydrogens (tertiary/aromatic N) is 1. The van der Waals surface area contributed by atoms with E-state index in [4.69, 9.17) is 4.74 Å². The number of halogens is 1. The summed E-state index contributed by atoms with van der Waals surface area (Å²) in [6, 6.07) is 5.40. The van der Waals surface area contributed by atoms with Crippen molar-refractivity contribution in [1.82, 2.24) is 10.2 Å². The molecule has 0 saturated heterocycles. The maximum Gasteiger partial charge on any atom is 0.165 e. The molecule has 20 heavy (non-hydrogen) atoms. The fourth-order valence-corrected chi connectivity index (χ4v) is 2.38. The smallest absolute Gasteiger partial charge is 0.165 e. The first kappa shape index (κ1) is 16.9. The first-order valence-electron chi connectivity index (χ1n) is 7.45. The third-order valence-corrected chi connectivity index (χ3v) is 3.66. The largest absolute Gasteiger partial charge is 0.494 e. The van der Waals surface area contributed by atoms with Gasteiger partial charge in [0.15, 0.2) is 11.6 Å². The van der Waals surface area contributed by atoms with Gasteiger partial charge in [-0.2, -0.15) is 0 Å². The lowest BCUT2D eigenvalue weighted by Crippen LogP contribution is -2.29. The van der Waals surface area contributed by atoms with Crippen LogP contribution in [-0.4, -0.2) is 38.2 Å². The number of methoxy groups -OCH3 is 1. The lowest BCUT2D eigenvalue weighted by atomic mass is 10.0. The summed E-state index contributed by atoms with van der Waals surface area (Å²) in [6.45, 7) is 10.4. The number of ether oxygens (including phenoxy) is 1. The molecule has 0 aliphatic heterocycles. The van der Waals surface area contributed by atoms with Gasteiger partial charge in [-0.25, -0.2) is 4.39 Å². The highest BCUT2D eigenvalue weighted by Gasteiger charge is 2.14. The molecule has 0 fully saturated rings. The van der Waals surface area contributed by atoms with Crippen molar-refractivity contribution < 1.29 is 9.13 Å². The molecule has 3 nitrogen and oxygen atoms in total. The zero-order chi connectivity index (χ0) is 15.0. The summed E-state index contributed by atoms with van der Waals surface area (Å²) >= 11 is 0. The predicted octanol–water partition coefficient (Wildman–Crippen LogP) is 3.22. The molecule has 0 saturated carbocycles. The first-order valence-corrected chi connectivity index (χ1v) is 7.45. The van der Waals surface area contributed by atoms with Gasteiger partial charge in [-0.3, -0.25) is 0 Å². The minimum Gasteiger partial charge on any atom is -0.494 e. The van der Waals surface area contributed by atoms with Crippen molar-refractivity contribution >= 4 is 0 Å². The van der Waals surface area contributed by atoms with Gasteiger partial charge in [0.1, 0.15) is 0 Å². The summed E-state index contributed by atoms with van der Waals surface area (Å²) in [7, 11) is 1.49. The van der Waals surface area contributed by atoms with E-state index in [0.29, 0.717) is 5.75 Å². The predicted molar refractivity (Wildman–Crippen MR) is 81.8 cm³/mol. The van der Waals surface area contributed by atoms with Gasteiger partial charge in [-0.1, -0.05) is 26.8 Å². The lowest BCUT2D eigenvalue weighted by molar-refractivity contribution is 0.282. The minimum absolute atomic E-state index is 0.181. The van der Waals surface area contributed by atoms with Crippen LogP contribution >= 0.6 is 0 Å². The Balaban J connectivity index is 2.76. The van der Waals surface area contributed by atoms with Gasteiger partial charge in [-0.05, 0) is 50.3 Å². The number of nitrogens with one attached hydrogen (secondary N) is 1. The fraction of sp³-hybridized carbons (Fsp3) is 0.625. The van der Waals surface area contributed by atoms with Crippen LogP contribution in [0.5, 0.6) is 5.75 Å². The van der Waals surface area contributed by atoms with Crippen molar-refractivity contribution in [2.75, 3.05) is 33.3 Å². The van der Waals surface area contributed by atoms with E-state index in [9.17, 15) is 4.39 Å². The Kier molecular flexibility index (Phi) is 7.55. The molecule has 0 radical (unpaired) electrons. The van der Waals surface area contributed by atoms with Crippen LogP contribution < -0.4 is 10.1 Å². The van der Waals surface area contributed by atoms with Crippen LogP contribution in [0.3, 0.4) is 0 Å². The van der Waals surface area contributed by atoms with Gasteiger partial charge in [0.05, 0.1) is 7.11 Å². The monoisotopic (exact) mass is 282 g/mol. The summed E-state index contributed by atoms with van der Waals surface area (Å²) < 4.78 is 18.8. The van der Waals surface area contributed by atoms with Crippen LogP contribution in [0, 0.1) is 5.82 Å². The van der Waals surface area contributed by atoms with Gasteiger partial charge >= 0.3 is 0 Å². The highest BCUT2D eigenvalue weighted by molar-refractivity contribution is 5.31. The fourth-order valence-electron chi connectivity index (χ4n) is 2.38. The molecule has 0 aliphatic rings. The van der Waals surface area contributed by atoms with Crippen LogP contribution in [0.15, 0.2) is 18.2 Å². The quantitative estimate of drug-likeness (QED) is 0.752.